The molecule has 76 valence electrons. The molecule has 0 amide bonds. The van der Waals surface area contributed by atoms with E-state index < -0.39 is 0 Å². The molecule has 3 nitrogen and oxygen atoms in total. The van der Waals surface area contributed by atoms with Gasteiger partial charge in [0.05, 0.1) is 0 Å². The summed E-state index contributed by atoms with van der Waals surface area (Å²) in [5.74, 6) is 0. The molecular weight excluding hydrogens is 174 g/mol. The summed E-state index contributed by atoms with van der Waals surface area (Å²) in [5, 5.41) is 6.96. The summed E-state index contributed by atoms with van der Waals surface area (Å²) in [6.45, 7) is 6.48. The second-order valence-corrected chi connectivity index (χ2v) is 4.30. The SMILES string of the molecule is Cc1cnccc1NC1(C)CCNC1. The summed E-state index contributed by atoms with van der Waals surface area (Å²) in [4.78, 5) is 4.09. The smallest absolute Gasteiger partial charge is 0.0482 e. The van der Waals surface area contributed by atoms with Crippen molar-refractivity contribution >= 4 is 5.69 Å². The Balaban J connectivity index is 2.14. The number of hydrogen-bond acceptors (Lipinski definition) is 3. The van der Waals surface area contributed by atoms with Gasteiger partial charge in [-0.15, -0.1) is 0 Å². The van der Waals surface area contributed by atoms with Crippen LogP contribution in [0.3, 0.4) is 0 Å². The Hall–Kier alpha value is -1.09. The fourth-order valence-electron chi connectivity index (χ4n) is 1.86. The minimum absolute atomic E-state index is 0.201. The Morgan fingerprint density at radius 1 is 1.57 bits per heavy atom. The monoisotopic (exact) mass is 191 g/mol. The summed E-state index contributed by atoms with van der Waals surface area (Å²) < 4.78 is 0. The molecule has 2 heterocycles. The summed E-state index contributed by atoms with van der Waals surface area (Å²) in [5.41, 5.74) is 2.61. The number of nitrogens with zero attached hydrogens (tertiary/aromatic N) is 1. The van der Waals surface area contributed by atoms with Crippen LogP contribution in [0, 0.1) is 6.92 Å². The maximum Gasteiger partial charge on any atom is 0.0482 e. The fourth-order valence-corrected chi connectivity index (χ4v) is 1.86. The summed E-state index contributed by atoms with van der Waals surface area (Å²) >= 11 is 0. The van der Waals surface area contributed by atoms with Gasteiger partial charge in [-0.05, 0) is 38.4 Å². The third-order valence-electron chi connectivity index (χ3n) is 2.83. The lowest BCUT2D eigenvalue weighted by atomic mass is 10.0. The molecule has 14 heavy (non-hydrogen) atoms. The van der Waals surface area contributed by atoms with Gasteiger partial charge >= 0.3 is 0 Å². The molecule has 0 spiro atoms. The van der Waals surface area contributed by atoms with E-state index in [9.17, 15) is 0 Å². The molecule has 1 atom stereocenters. The minimum Gasteiger partial charge on any atom is -0.378 e. The van der Waals surface area contributed by atoms with Gasteiger partial charge in [0.25, 0.3) is 0 Å². The zero-order valence-corrected chi connectivity index (χ0v) is 8.80. The Morgan fingerprint density at radius 3 is 3.07 bits per heavy atom. The van der Waals surface area contributed by atoms with E-state index in [1.807, 2.05) is 18.5 Å². The van der Waals surface area contributed by atoms with Crippen LogP contribution in [0.15, 0.2) is 18.5 Å². The molecule has 1 unspecified atom stereocenters. The second kappa shape index (κ2) is 3.58. The van der Waals surface area contributed by atoms with Crippen molar-refractivity contribution in [3.63, 3.8) is 0 Å². The van der Waals surface area contributed by atoms with E-state index in [0.29, 0.717) is 0 Å². The average molecular weight is 191 g/mol. The topological polar surface area (TPSA) is 37.0 Å². The Bertz CT molecular complexity index is 316. The van der Waals surface area contributed by atoms with Crippen molar-refractivity contribution < 1.29 is 0 Å². The molecule has 2 N–H and O–H groups in total. The van der Waals surface area contributed by atoms with Gasteiger partial charge in [-0.3, -0.25) is 4.98 Å². The molecule has 0 radical (unpaired) electrons. The van der Waals surface area contributed by atoms with Crippen molar-refractivity contribution in [2.75, 3.05) is 18.4 Å². The van der Waals surface area contributed by atoms with Crippen molar-refractivity contribution in [2.24, 2.45) is 0 Å². The summed E-state index contributed by atoms with van der Waals surface area (Å²) in [7, 11) is 0. The quantitative estimate of drug-likeness (QED) is 0.744. The third kappa shape index (κ3) is 1.87. The molecular formula is C11H17N3. The minimum atomic E-state index is 0.201. The zero-order valence-electron chi connectivity index (χ0n) is 8.80. The number of aryl methyl sites for hydroxylation is 1. The highest BCUT2D eigenvalue weighted by atomic mass is 15.1. The number of anilines is 1. The second-order valence-electron chi connectivity index (χ2n) is 4.30. The number of hydrogen-bond donors (Lipinski definition) is 2. The molecule has 0 aliphatic carbocycles. The molecule has 1 aliphatic heterocycles. The lowest BCUT2D eigenvalue weighted by Gasteiger charge is -2.26. The van der Waals surface area contributed by atoms with Crippen LogP contribution in [0.1, 0.15) is 18.9 Å². The molecule has 3 heteroatoms. The largest absolute Gasteiger partial charge is 0.378 e. The molecule has 1 aromatic heterocycles. The Kier molecular flexibility index (Phi) is 2.42. The van der Waals surface area contributed by atoms with Crippen molar-refractivity contribution in [3.05, 3.63) is 24.0 Å². The van der Waals surface area contributed by atoms with Gasteiger partial charge in [-0.1, -0.05) is 0 Å². The van der Waals surface area contributed by atoms with Gasteiger partial charge in [0.2, 0.25) is 0 Å². The molecule has 0 saturated carbocycles. The molecule has 1 saturated heterocycles. The van der Waals surface area contributed by atoms with Crippen LogP contribution in [0.5, 0.6) is 0 Å². The molecule has 0 aromatic carbocycles. The van der Waals surface area contributed by atoms with E-state index in [1.165, 1.54) is 17.7 Å². The van der Waals surface area contributed by atoms with Crippen molar-refractivity contribution in [1.29, 1.82) is 0 Å². The van der Waals surface area contributed by atoms with Gasteiger partial charge in [-0.2, -0.15) is 0 Å². The number of pyridine rings is 1. The number of nitrogens with one attached hydrogen (secondary N) is 2. The van der Waals surface area contributed by atoms with Crippen LogP contribution in [0.4, 0.5) is 5.69 Å². The lowest BCUT2D eigenvalue weighted by Crippen LogP contribution is -2.37. The van der Waals surface area contributed by atoms with Gasteiger partial charge in [0.1, 0.15) is 0 Å². The predicted octanol–water partition coefficient (Wildman–Crippen LogP) is 1.55. The summed E-state index contributed by atoms with van der Waals surface area (Å²) in [6.07, 6.45) is 4.91. The lowest BCUT2D eigenvalue weighted by molar-refractivity contribution is 0.566. The number of aromatic nitrogens is 1. The normalized spacial score (nSPS) is 26.4. The van der Waals surface area contributed by atoms with E-state index in [2.05, 4.69) is 29.5 Å². The van der Waals surface area contributed by atoms with Crippen LogP contribution in [-0.2, 0) is 0 Å². The maximum absolute atomic E-state index is 4.09. The molecule has 1 aliphatic rings. The van der Waals surface area contributed by atoms with Gasteiger partial charge < -0.3 is 10.6 Å². The van der Waals surface area contributed by atoms with Crippen LogP contribution in [0.2, 0.25) is 0 Å². The van der Waals surface area contributed by atoms with E-state index in [1.54, 1.807) is 0 Å². The van der Waals surface area contributed by atoms with Gasteiger partial charge in [0.15, 0.2) is 0 Å². The first-order valence-electron chi connectivity index (χ1n) is 5.09. The highest BCUT2D eigenvalue weighted by Crippen LogP contribution is 2.22. The first kappa shape index (κ1) is 9.46. The van der Waals surface area contributed by atoms with Gasteiger partial charge in [-0.25, -0.2) is 0 Å². The van der Waals surface area contributed by atoms with Crippen molar-refractivity contribution in [2.45, 2.75) is 25.8 Å². The van der Waals surface area contributed by atoms with E-state index in [-0.39, 0.29) is 5.54 Å². The van der Waals surface area contributed by atoms with E-state index in [0.717, 1.165) is 13.1 Å². The van der Waals surface area contributed by atoms with Crippen molar-refractivity contribution in [1.82, 2.24) is 10.3 Å². The van der Waals surface area contributed by atoms with Crippen LogP contribution in [0.25, 0.3) is 0 Å². The Labute approximate surface area is 84.9 Å². The van der Waals surface area contributed by atoms with E-state index >= 15 is 0 Å². The van der Waals surface area contributed by atoms with E-state index in [4.69, 9.17) is 0 Å². The van der Waals surface area contributed by atoms with Gasteiger partial charge in [0, 0.05) is 30.2 Å². The van der Waals surface area contributed by atoms with Crippen LogP contribution in [-0.4, -0.2) is 23.6 Å². The molecule has 0 bridgehead atoms. The number of rotatable bonds is 2. The molecule has 2 rings (SSSR count). The fraction of sp³-hybridized carbons (Fsp3) is 0.545. The first-order valence-corrected chi connectivity index (χ1v) is 5.09. The van der Waals surface area contributed by atoms with Crippen LogP contribution < -0.4 is 10.6 Å². The van der Waals surface area contributed by atoms with Crippen molar-refractivity contribution in [3.8, 4) is 0 Å². The third-order valence-corrected chi connectivity index (χ3v) is 2.83. The van der Waals surface area contributed by atoms with Crippen LogP contribution >= 0.6 is 0 Å². The standard InChI is InChI=1S/C11H17N3/c1-9-7-12-5-3-10(9)14-11(2)4-6-13-8-11/h3,5,7,13H,4,6,8H2,1-2H3,(H,12,14). The predicted molar refractivity (Wildman–Crippen MR) is 58.5 cm³/mol. The average Bonchev–Trinajstić information content (AvgIpc) is 2.57. The zero-order chi connectivity index (χ0) is 10.0. The maximum atomic E-state index is 4.09. The molecule has 1 fully saturated rings. The summed E-state index contributed by atoms with van der Waals surface area (Å²) in [6, 6.07) is 2.04. The highest BCUT2D eigenvalue weighted by Gasteiger charge is 2.28. The first-order chi connectivity index (χ1) is 6.70. The Morgan fingerprint density at radius 2 is 2.43 bits per heavy atom. The molecule has 1 aromatic rings. The highest BCUT2D eigenvalue weighted by molar-refractivity contribution is 5.50.